The number of nitrogens with zero attached hydrogens (tertiary/aromatic N) is 3. The Bertz CT molecular complexity index is 1810. The molecule has 0 saturated carbocycles. The van der Waals surface area contributed by atoms with Crippen LogP contribution < -0.4 is 14.9 Å². The molecule has 0 radical (unpaired) electrons. The topological polar surface area (TPSA) is 65.6 Å². The van der Waals surface area contributed by atoms with Gasteiger partial charge in [0.2, 0.25) is 0 Å². The minimum atomic E-state index is -0.660. The summed E-state index contributed by atoms with van der Waals surface area (Å²) in [6.45, 7) is 9.33. The molecule has 3 heterocycles. The summed E-state index contributed by atoms with van der Waals surface area (Å²) in [4.78, 5) is 33.6. The number of esters is 1. The lowest BCUT2D eigenvalue weighted by Gasteiger charge is -2.25. The zero-order valence-electron chi connectivity index (χ0n) is 23.2. The van der Waals surface area contributed by atoms with Gasteiger partial charge in [-0.15, -0.1) is 11.8 Å². The second kappa shape index (κ2) is 11.1. The van der Waals surface area contributed by atoms with Crippen LogP contribution in [0.3, 0.4) is 0 Å². The summed E-state index contributed by atoms with van der Waals surface area (Å²) in [5.41, 5.74) is 5.09. The predicted molar refractivity (Wildman–Crippen MR) is 158 cm³/mol. The van der Waals surface area contributed by atoms with Gasteiger partial charge >= 0.3 is 5.97 Å². The molecule has 1 atom stereocenters. The maximum absolute atomic E-state index is 14.0. The number of ether oxygens (including phenoxy) is 1. The number of rotatable bonds is 6. The number of halogens is 1. The lowest BCUT2D eigenvalue weighted by atomic mass is 9.96. The molecule has 4 aromatic rings. The third kappa shape index (κ3) is 5.11. The molecular weight excluding hydrogens is 545 g/mol. The molecule has 6 nitrogen and oxygen atoms in total. The Morgan fingerprint density at radius 1 is 1.10 bits per heavy atom. The first-order valence-electron chi connectivity index (χ1n) is 12.9. The number of aryl methyl sites for hydroxylation is 1. The number of carbonyl (C=O) groups is 1. The third-order valence-electron chi connectivity index (χ3n) is 6.86. The van der Waals surface area contributed by atoms with E-state index in [1.165, 1.54) is 23.5 Å². The first-order valence-corrected chi connectivity index (χ1v) is 15.0. The maximum Gasteiger partial charge on any atom is 0.338 e. The number of hydrogen-bond acceptors (Lipinski definition) is 6. The molecule has 0 N–H and O–H groups in total. The van der Waals surface area contributed by atoms with Crippen molar-refractivity contribution in [1.29, 1.82) is 0 Å². The highest BCUT2D eigenvalue weighted by Crippen LogP contribution is 2.32. The minimum Gasteiger partial charge on any atom is -0.459 e. The van der Waals surface area contributed by atoms with Crippen molar-refractivity contribution in [3.8, 4) is 5.69 Å². The molecule has 0 spiro atoms. The predicted octanol–water partition coefficient (Wildman–Crippen LogP) is 5.46. The number of benzene rings is 2. The summed E-state index contributed by atoms with van der Waals surface area (Å²) < 4.78 is 23.3. The van der Waals surface area contributed by atoms with Crippen molar-refractivity contribution < 1.29 is 13.9 Å². The first kappa shape index (κ1) is 27.9. The van der Waals surface area contributed by atoms with Gasteiger partial charge in [-0.1, -0.05) is 23.5 Å². The van der Waals surface area contributed by atoms with Crippen LogP contribution >= 0.6 is 23.1 Å². The zero-order chi connectivity index (χ0) is 28.7. The average molecular weight is 576 g/mol. The quantitative estimate of drug-likeness (QED) is 0.226. The van der Waals surface area contributed by atoms with Crippen molar-refractivity contribution in [3.05, 3.63) is 114 Å². The molecule has 5 rings (SSSR count). The summed E-state index contributed by atoms with van der Waals surface area (Å²) in [6, 6.07) is 15.5. The normalized spacial score (nSPS) is 15.4. The SMILES string of the molecule is CSc1ccc([C@@H]2C(C(=O)OC(C)C)=C(C)N=c3s/c(=C\c4cc(C)n(-c5ccc(F)cc5)c4C)c(=O)n32)cc1. The molecule has 0 aliphatic carbocycles. The summed E-state index contributed by atoms with van der Waals surface area (Å²) in [5.74, 6) is -0.774. The highest BCUT2D eigenvalue weighted by Gasteiger charge is 2.33. The molecule has 206 valence electrons. The van der Waals surface area contributed by atoms with Gasteiger partial charge in [0, 0.05) is 22.0 Å². The fourth-order valence-electron chi connectivity index (χ4n) is 5.02. The van der Waals surface area contributed by atoms with Crippen LogP contribution in [0.1, 0.15) is 49.3 Å². The van der Waals surface area contributed by atoms with E-state index in [0.717, 1.165) is 33.1 Å². The number of thioether (sulfide) groups is 1. The Labute approximate surface area is 240 Å². The second-order valence-corrected chi connectivity index (χ2v) is 11.8. The van der Waals surface area contributed by atoms with Gasteiger partial charge in [-0.3, -0.25) is 9.36 Å². The molecule has 2 aromatic carbocycles. The van der Waals surface area contributed by atoms with Gasteiger partial charge in [-0.05, 0) is 101 Å². The third-order valence-corrected chi connectivity index (χ3v) is 8.58. The minimum absolute atomic E-state index is 0.225. The lowest BCUT2D eigenvalue weighted by molar-refractivity contribution is -0.143. The number of fused-ring (bicyclic) bond motifs is 1. The van der Waals surface area contributed by atoms with Crippen molar-refractivity contribution in [2.24, 2.45) is 4.99 Å². The highest BCUT2D eigenvalue weighted by atomic mass is 32.2. The number of hydrogen-bond donors (Lipinski definition) is 0. The molecule has 1 aliphatic rings. The van der Waals surface area contributed by atoms with E-state index in [-0.39, 0.29) is 17.5 Å². The van der Waals surface area contributed by atoms with Gasteiger partial charge in [0.25, 0.3) is 5.56 Å². The van der Waals surface area contributed by atoms with Crippen LogP contribution in [-0.4, -0.2) is 27.5 Å². The summed E-state index contributed by atoms with van der Waals surface area (Å²) in [6.07, 6.45) is 3.56. The van der Waals surface area contributed by atoms with E-state index < -0.39 is 12.0 Å². The van der Waals surface area contributed by atoms with Gasteiger partial charge in [0.05, 0.1) is 27.9 Å². The summed E-state index contributed by atoms with van der Waals surface area (Å²) in [7, 11) is 0. The average Bonchev–Trinajstić information content (AvgIpc) is 3.37. The Hall–Kier alpha value is -3.69. The zero-order valence-corrected chi connectivity index (χ0v) is 24.8. The molecule has 0 unspecified atom stereocenters. The van der Waals surface area contributed by atoms with Crippen molar-refractivity contribution in [2.45, 2.75) is 51.7 Å². The van der Waals surface area contributed by atoms with Gasteiger partial charge < -0.3 is 9.30 Å². The van der Waals surface area contributed by atoms with Crippen LogP contribution in [0.5, 0.6) is 0 Å². The number of thiazole rings is 1. The number of aromatic nitrogens is 2. The Balaban J connectivity index is 1.67. The second-order valence-electron chi connectivity index (χ2n) is 9.95. The van der Waals surface area contributed by atoms with Crippen molar-refractivity contribution in [3.63, 3.8) is 0 Å². The monoisotopic (exact) mass is 575 g/mol. The van der Waals surface area contributed by atoms with E-state index in [9.17, 15) is 14.0 Å². The molecule has 0 saturated heterocycles. The van der Waals surface area contributed by atoms with E-state index in [1.54, 1.807) is 49.2 Å². The lowest BCUT2D eigenvalue weighted by Crippen LogP contribution is -2.40. The molecule has 9 heteroatoms. The highest BCUT2D eigenvalue weighted by molar-refractivity contribution is 7.98. The molecule has 40 heavy (non-hydrogen) atoms. The van der Waals surface area contributed by atoms with Crippen molar-refractivity contribution in [2.75, 3.05) is 6.26 Å². The summed E-state index contributed by atoms with van der Waals surface area (Å²) >= 11 is 2.92. The van der Waals surface area contributed by atoms with E-state index in [1.807, 2.05) is 61.1 Å². The van der Waals surface area contributed by atoms with Crippen LogP contribution in [-0.2, 0) is 9.53 Å². The number of carbonyl (C=O) groups excluding carboxylic acids is 1. The Morgan fingerprint density at radius 2 is 1.77 bits per heavy atom. The van der Waals surface area contributed by atoms with E-state index in [2.05, 4.69) is 4.99 Å². The molecule has 0 bridgehead atoms. The molecule has 0 amide bonds. The van der Waals surface area contributed by atoms with Crippen molar-refractivity contribution >= 4 is 35.1 Å². The molecule has 0 fully saturated rings. The number of allylic oxidation sites excluding steroid dienone is 1. The smallest absolute Gasteiger partial charge is 0.338 e. The standard InChI is InChI=1S/C31H30FN3O3S2/c1-17(2)38-30(37)27-19(4)33-31-35(28(27)21-7-13-25(39-6)14-8-21)29(36)26(40-31)16-22-15-18(3)34(20(22)5)24-11-9-23(32)10-12-24/h7-17,28H,1-6H3/b26-16-/t28-/m1/s1. The molecule has 1 aliphatic heterocycles. The first-order chi connectivity index (χ1) is 19.1. The van der Waals surface area contributed by atoms with E-state index in [0.29, 0.717) is 20.6 Å². The van der Waals surface area contributed by atoms with Crippen LogP contribution in [0.15, 0.2) is 80.5 Å². The van der Waals surface area contributed by atoms with Crippen LogP contribution in [0, 0.1) is 19.7 Å². The largest absolute Gasteiger partial charge is 0.459 e. The fraction of sp³-hybridized carbons (Fsp3) is 0.258. The fourth-order valence-corrected chi connectivity index (χ4v) is 6.47. The van der Waals surface area contributed by atoms with E-state index in [4.69, 9.17) is 4.74 Å². The van der Waals surface area contributed by atoms with E-state index >= 15 is 0 Å². The molecular formula is C31H30FN3O3S2. The molecule has 2 aromatic heterocycles. The summed E-state index contributed by atoms with van der Waals surface area (Å²) in [5, 5.41) is 0. The van der Waals surface area contributed by atoms with Crippen LogP contribution in [0.25, 0.3) is 11.8 Å². The van der Waals surface area contributed by atoms with Crippen LogP contribution in [0.4, 0.5) is 4.39 Å². The Kier molecular flexibility index (Phi) is 7.70. The van der Waals surface area contributed by atoms with Crippen LogP contribution in [0.2, 0.25) is 0 Å². The Morgan fingerprint density at radius 3 is 2.40 bits per heavy atom. The van der Waals surface area contributed by atoms with Crippen molar-refractivity contribution in [1.82, 2.24) is 9.13 Å². The van der Waals surface area contributed by atoms with Gasteiger partial charge in [0.15, 0.2) is 4.80 Å². The van der Waals surface area contributed by atoms with Gasteiger partial charge in [0.1, 0.15) is 5.82 Å². The van der Waals surface area contributed by atoms with Gasteiger partial charge in [-0.2, -0.15) is 0 Å². The van der Waals surface area contributed by atoms with Gasteiger partial charge in [-0.25, -0.2) is 14.2 Å². The maximum atomic E-state index is 14.0.